The molecule has 5 heteroatoms. The number of ether oxygens (including phenoxy) is 1. The van der Waals surface area contributed by atoms with Gasteiger partial charge in [-0.25, -0.2) is 0 Å². The van der Waals surface area contributed by atoms with Gasteiger partial charge < -0.3 is 9.64 Å². The normalized spacial score (nSPS) is 14.4. The van der Waals surface area contributed by atoms with E-state index in [9.17, 15) is 4.79 Å². The van der Waals surface area contributed by atoms with Crippen molar-refractivity contribution >= 4 is 5.91 Å². The second-order valence-electron chi connectivity index (χ2n) is 4.99. The summed E-state index contributed by atoms with van der Waals surface area (Å²) in [7, 11) is 0. The lowest BCUT2D eigenvalue weighted by molar-refractivity contribution is 0.0732. The van der Waals surface area contributed by atoms with Gasteiger partial charge in [-0.2, -0.15) is 5.10 Å². The molecule has 3 rings (SSSR count). The molecule has 1 aromatic heterocycles. The number of nitrogens with zero attached hydrogens (tertiary/aromatic N) is 2. The molecule has 0 bridgehead atoms. The number of nitrogens with one attached hydrogen (secondary N) is 1. The highest BCUT2D eigenvalue weighted by atomic mass is 16.5. The van der Waals surface area contributed by atoms with E-state index in [0.717, 1.165) is 22.7 Å². The number of carbonyl (C=O) groups is 1. The number of rotatable bonds is 1. The molecule has 0 spiro atoms. The molecule has 104 valence electrons. The third-order valence-corrected chi connectivity index (χ3v) is 3.58. The van der Waals surface area contributed by atoms with Gasteiger partial charge in [0.1, 0.15) is 12.4 Å². The number of H-pyrrole nitrogens is 1. The van der Waals surface area contributed by atoms with Crippen LogP contribution in [0.1, 0.15) is 27.3 Å². The minimum atomic E-state index is 0.00838. The molecule has 2 aromatic rings. The Morgan fingerprint density at radius 2 is 2.15 bits per heavy atom. The Labute approximate surface area is 117 Å². The van der Waals surface area contributed by atoms with E-state index in [4.69, 9.17) is 4.74 Å². The van der Waals surface area contributed by atoms with Gasteiger partial charge >= 0.3 is 0 Å². The molecule has 0 unspecified atom stereocenters. The van der Waals surface area contributed by atoms with Gasteiger partial charge in [-0.1, -0.05) is 18.2 Å². The molecular formula is C15H17N3O2. The van der Waals surface area contributed by atoms with Crippen LogP contribution in [0.25, 0.3) is 0 Å². The molecule has 0 saturated heterocycles. The SMILES string of the molecule is Cc1n[nH]c(C)c1C(=O)N1CCOc2ccccc2C1. The number of hydrogen-bond acceptors (Lipinski definition) is 3. The van der Waals surface area contributed by atoms with E-state index >= 15 is 0 Å². The summed E-state index contributed by atoms with van der Waals surface area (Å²) in [6.07, 6.45) is 0. The van der Waals surface area contributed by atoms with Crippen molar-refractivity contribution in [1.82, 2.24) is 15.1 Å². The highest BCUT2D eigenvalue weighted by molar-refractivity contribution is 5.96. The third-order valence-electron chi connectivity index (χ3n) is 3.58. The highest BCUT2D eigenvalue weighted by Gasteiger charge is 2.24. The Hall–Kier alpha value is -2.30. The number of aromatic amines is 1. The maximum Gasteiger partial charge on any atom is 0.258 e. The van der Waals surface area contributed by atoms with Crippen molar-refractivity contribution in [2.75, 3.05) is 13.2 Å². The number of carbonyl (C=O) groups excluding carboxylic acids is 1. The fourth-order valence-electron chi connectivity index (χ4n) is 2.52. The molecule has 1 aromatic carbocycles. The Bertz CT molecular complexity index is 629. The van der Waals surface area contributed by atoms with Crippen LogP contribution in [0.2, 0.25) is 0 Å². The number of aromatic nitrogens is 2. The lowest BCUT2D eigenvalue weighted by atomic mass is 10.1. The quantitative estimate of drug-likeness (QED) is 0.863. The van der Waals surface area contributed by atoms with Crippen molar-refractivity contribution in [3.05, 3.63) is 46.8 Å². The molecule has 0 saturated carbocycles. The second-order valence-corrected chi connectivity index (χ2v) is 4.99. The average Bonchev–Trinajstić information content (AvgIpc) is 2.66. The number of benzene rings is 1. The minimum Gasteiger partial charge on any atom is -0.491 e. The zero-order valence-electron chi connectivity index (χ0n) is 11.6. The molecule has 0 aliphatic carbocycles. The number of aryl methyl sites for hydroxylation is 2. The van der Waals surface area contributed by atoms with Crippen molar-refractivity contribution in [1.29, 1.82) is 0 Å². The molecule has 1 amide bonds. The zero-order valence-corrected chi connectivity index (χ0v) is 11.6. The fraction of sp³-hybridized carbons (Fsp3) is 0.333. The van der Waals surface area contributed by atoms with Gasteiger partial charge in [-0.15, -0.1) is 0 Å². The Morgan fingerprint density at radius 3 is 2.90 bits per heavy atom. The van der Waals surface area contributed by atoms with Crippen LogP contribution in [-0.2, 0) is 6.54 Å². The third kappa shape index (κ3) is 2.15. The van der Waals surface area contributed by atoms with Crippen molar-refractivity contribution in [2.24, 2.45) is 0 Å². The molecule has 2 heterocycles. The van der Waals surface area contributed by atoms with Crippen LogP contribution in [0.15, 0.2) is 24.3 Å². The monoisotopic (exact) mass is 271 g/mol. The Balaban J connectivity index is 1.90. The number of para-hydroxylation sites is 1. The van der Waals surface area contributed by atoms with Crippen molar-refractivity contribution in [3.63, 3.8) is 0 Å². The highest BCUT2D eigenvalue weighted by Crippen LogP contribution is 2.24. The van der Waals surface area contributed by atoms with Crippen molar-refractivity contribution in [3.8, 4) is 5.75 Å². The topological polar surface area (TPSA) is 58.2 Å². The maximum atomic E-state index is 12.7. The van der Waals surface area contributed by atoms with Crippen LogP contribution in [0.5, 0.6) is 5.75 Å². The summed E-state index contributed by atoms with van der Waals surface area (Å²) >= 11 is 0. The molecular weight excluding hydrogens is 254 g/mol. The van der Waals surface area contributed by atoms with Gasteiger partial charge in [-0.05, 0) is 19.9 Å². The van der Waals surface area contributed by atoms with E-state index in [0.29, 0.717) is 25.3 Å². The predicted molar refractivity (Wildman–Crippen MR) is 74.7 cm³/mol. The summed E-state index contributed by atoms with van der Waals surface area (Å²) in [6.45, 7) is 5.38. The first kappa shape index (κ1) is 12.7. The fourth-order valence-corrected chi connectivity index (χ4v) is 2.52. The Morgan fingerprint density at radius 1 is 1.35 bits per heavy atom. The molecule has 0 fully saturated rings. The minimum absolute atomic E-state index is 0.00838. The number of amides is 1. The van der Waals surface area contributed by atoms with Crippen LogP contribution < -0.4 is 4.74 Å². The standard InChI is InChI=1S/C15H17N3O2/c1-10-14(11(2)17-16-10)15(19)18-7-8-20-13-6-4-3-5-12(13)9-18/h3-6H,7-9H2,1-2H3,(H,16,17). The van der Waals surface area contributed by atoms with E-state index in [1.54, 1.807) is 0 Å². The predicted octanol–water partition coefficient (Wildman–Crippen LogP) is 2.06. The summed E-state index contributed by atoms with van der Waals surface area (Å²) in [5.74, 6) is 0.873. The van der Waals surface area contributed by atoms with E-state index in [-0.39, 0.29) is 5.91 Å². The molecule has 5 nitrogen and oxygen atoms in total. The lowest BCUT2D eigenvalue weighted by Crippen LogP contribution is -2.33. The van der Waals surface area contributed by atoms with Gasteiger partial charge in [0.15, 0.2) is 0 Å². The molecule has 1 aliphatic heterocycles. The largest absolute Gasteiger partial charge is 0.491 e. The Kier molecular flexibility index (Phi) is 3.18. The van der Waals surface area contributed by atoms with Crippen molar-refractivity contribution in [2.45, 2.75) is 20.4 Å². The summed E-state index contributed by atoms with van der Waals surface area (Å²) in [6, 6.07) is 7.85. The van der Waals surface area contributed by atoms with Crippen LogP contribution in [0.4, 0.5) is 0 Å². The van der Waals surface area contributed by atoms with E-state index in [2.05, 4.69) is 10.2 Å². The summed E-state index contributed by atoms with van der Waals surface area (Å²) in [5.41, 5.74) is 3.26. The van der Waals surface area contributed by atoms with Crippen molar-refractivity contribution < 1.29 is 9.53 Å². The number of fused-ring (bicyclic) bond motifs is 1. The van der Waals surface area contributed by atoms with Crippen LogP contribution in [-0.4, -0.2) is 34.2 Å². The summed E-state index contributed by atoms with van der Waals surface area (Å²) < 4.78 is 5.69. The summed E-state index contributed by atoms with van der Waals surface area (Å²) in [4.78, 5) is 14.5. The molecule has 0 atom stereocenters. The van der Waals surface area contributed by atoms with Gasteiger partial charge in [-0.3, -0.25) is 9.89 Å². The first-order valence-corrected chi connectivity index (χ1v) is 6.68. The molecule has 20 heavy (non-hydrogen) atoms. The molecule has 1 aliphatic rings. The number of hydrogen-bond donors (Lipinski definition) is 1. The van der Waals surface area contributed by atoms with E-state index in [1.165, 1.54) is 0 Å². The summed E-state index contributed by atoms with van der Waals surface area (Å²) in [5, 5.41) is 6.96. The maximum absolute atomic E-state index is 12.7. The van der Waals surface area contributed by atoms with Crippen LogP contribution in [0, 0.1) is 13.8 Å². The first-order chi connectivity index (χ1) is 9.66. The molecule has 0 radical (unpaired) electrons. The lowest BCUT2D eigenvalue weighted by Gasteiger charge is -2.20. The smallest absolute Gasteiger partial charge is 0.258 e. The average molecular weight is 271 g/mol. The van der Waals surface area contributed by atoms with E-state index < -0.39 is 0 Å². The van der Waals surface area contributed by atoms with Gasteiger partial charge in [0.25, 0.3) is 5.91 Å². The van der Waals surface area contributed by atoms with Gasteiger partial charge in [0.2, 0.25) is 0 Å². The first-order valence-electron chi connectivity index (χ1n) is 6.68. The molecule has 1 N–H and O–H groups in total. The van der Waals surface area contributed by atoms with Crippen LogP contribution in [0.3, 0.4) is 0 Å². The zero-order chi connectivity index (χ0) is 14.1. The van der Waals surface area contributed by atoms with E-state index in [1.807, 2.05) is 43.0 Å². The van der Waals surface area contributed by atoms with Gasteiger partial charge in [0, 0.05) is 17.8 Å². The van der Waals surface area contributed by atoms with Gasteiger partial charge in [0.05, 0.1) is 17.8 Å². The van der Waals surface area contributed by atoms with Crippen LogP contribution >= 0.6 is 0 Å². The second kappa shape index (κ2) is 5.00.